The van der Waals surface area contributed by atoms with Gasteiger partial charge in [-0.15, -0.1) is 0 Å². The van der Waals surface area contributed by atoms with Crippen molar-refractivity contribution in [1.82, 2.24) is 4.57 Å². The molecule has 0 spiro atoms. The minimum absolute atomic E-state index is 0.485. The molecule has 0 unspecified atom stereocenters. The van der Waals surface area contributed by atoms with E-state index < -0.39 is 18.3 Å². The summed E-state index contributed by atoms with van der Waals surface area (Å²) in [5.41, 5.74) is 9.99. The maximum atomic E-state index is 6.82. The SMILES string of the molecule is CC1(C)OB(c2c3ccccc3c(-n3c4ccc(N(c5ccccc5)c5ccccc5)cc4c4cc(N(c5ccccc5)c5ccccc5)ccc43)c3ccccc23)OC1(C)C. The first-order valence-electron chi connectivity index (χ1n) is 21.5. The molecule has 1 fully saturated rings. The highest BCUT2D eigenvalue weighted by molar-refractivity contribution is 6.68. The molecule has 5 nitrogen and oxygen atoms in total. The molecule has 2 heterocycles. The molecular formula is C56H46BN3O2. The number of hydrogen-bond acceptors (Lipinski definition) is 4. The lowest BCUT2D eigenvalue weighted by Gasteiger charge is -2.32. The first-order chi connectivity index (χ1) is 30.3. The lowest BCUT2D eigenvalue weighted by molar-refractivity contribution is 0.00578. The van der Waals surface area contributed by atoms with Gasteiger partial charge in [0, 0.05) is 55.7 Å². The molecule has 9 aromatic carbocycles. The molecule has 300 valence electrons. The van der Waals surface area contributed by atoms with Crippen molar-refractivity contribution in [2.45, 2.75) is 38.9 Å². The zero-order valence-corrected chi connectivity index (χ0v) is 35.4. The van der Waals surface area contributed by atoms with E-state index in [9.17, 15) is 0 Å². The molecule has 62 heavy (non-hydrogen) atoms. The Kier molecular flexibility index (Phi) is 9.04. The van der Waals surface area contributed by atoms with Crippen molar-refractivity contribution in [3.63, 3.8) is 0 Å². The monoisotopic (exact) mass is 803 g/mol. The summed E-state index contributed by atoms with van der Waals surface area (Å²) in [6.45, 7) is 8.50. The number of rotatable bonds is 8. The van der Waals surface area contributed by atoms with Crippen molar-refractivity contribution < 1.29 is 9.31 Å². The van der Waals surface area contributed by atoms with Crippen molar-refractivity contribution in [3.05, 3.63) is 206 Å². The summed E-state index contributed by atoms with van der Waals surface area (Å²) in [4.78, 5) is 4.69. The zero-order chi connectivity index (χ0) is 42.0. The first kappa shape index (κ1) is 37.9. The summed E-state index contributed by atoms with van der Waals surface area (Å²) in [5.74, 6) is 0. The van der Waals surface area contributed by atoms with Crippen LogP contribution < -0.4 is 15.3 Å². The average molecular weight is 804 g/mol. The molecular weight excluding hydrogens is 757 g/mol. The Balaban J connectivity index is 1.22. The predicted molar refractivity (Wildman–Crippen MR) is 261 cm³/mol. The van der Waals surface area contributed by atoms with Crippen LogP contribution in [-0.2, 0) is 9.31 Å². The fraction of sp³-hybridized carbons (Fsp3) is 0.107. The third-order valence-electron chi connectivity index (χ3n) is 13.0. The Hall–Kier alpha value is -7.12. The number of para-hydroxylation sites is 4. The van der Waals surface area contributed by atoms with Crippen molar-refractivity contribution in [3.8, 4) is 5.69 Å². The number of benzene rings is 9. The number of nitrogens with zero attached hydrogens (tertiary/aromatic N) is 3. The lowest BCUT2D eigenvalue weighted by Crippen LogP contribution is -2.41. The Labute approximate surface area is 363 Å². The molecule has 0 saturated carbocycles. The van der Waals surface area contributed by atoms with Crippen molar-refractivity contribution in [2.24, 2.45) is 0 Å². The summed E-state index contributed by atoms with van der Waals surface area (Å²) in [6, 6.07) is 73.9. The van der Waals surface area contributed by atoms with Gasteiger partial charge >= 0.3 is 7.12 Å². The van der Waals surface area contributed by atoms with E-state index in [4.69, 9.17) is 9.31 Å². The van der Waals surface area contributed by atoms with Gasteiger partial charge in [-0.1, -0.05) is 121 Å². The van der Waals surface area contributed by atoms with Crippen LogP contribution in [0.4, 0.5) is 34.1 Å². The largest absolute Gasteiger partial charge is 0.496 e. The topological polar surface area (TPSA) is 29.9 Å². The quantitative estimate of drug-likeness (QED) is 0.113. The Bertz CT molecular complexity index is 2970. The van der Waals surface area contributed by atoms with Gasteiger partial charge in [0.25, 0.3) is 0 Å². The number of anilines is 6. The van der Waals surface area contributed by atoms with E-state index >= 15 is 0 Å². The van der Waals surface area contributed by atoms with Gasteiger partial charge in [-0.05, 0) is 129 Å². The minimum atomic E-state index is -0.531. The minimum Gasteiger partial charge on any atom is -0.399 e. The molecule has 1 saturated heterocycles. The number of fused-ring (bicyclic) bond motifs is 5. The van der Waals surface area contributed by atoms with Crippen LogP contribution in [0.5, 0.6) is 0 Å². The smallest absolute Gasteiger partial charge is 0.399 e. The van der Waals surface area contributed by atoms with Gasteiger partial charge in [0.15, 0.2) is 0 Å². The predicted octanol–water partition coefficient (Wildman–Crippen LogP) is 14.3. The number of aromatic nitrogens is 1. The van der Waals surface area contributed by atoms with E-state index in [-0.39, 0.29) is 0 Å². The molecule has 1 aliphatic rings. The molecule has 11 rings (SSSR count). The van der Waals surface area contributed by atoms with Crippen LogP contribution in [0, 0.1) is 0 Å². The highest BCUT2D eigenvalue weighted by Gasteiger charge is 2.52. The fourth-order valence-corrected chi connectivity index (χ4v) is 9.32. The van der Waals surface area contributed by atoms with Gasteiger partial charge in [-0.3, -0.25) is 0 Å². The standard InChI is InChI=1S/C56H46BN3O2/c1-55(2)56(3,4)62-57(61-55)53-45-29-17-19-31-47(45)54(48-32-20-18-30-46(48)53)60-51-35-33-43(58(39-21-9-5-10-22-39)40-23-11-6-12-24-40)37-49(51)50-38-44(34-36-52(50)60)59(41-25-13-7-14-26-41)42-27-15-8-16-28-42/h5-38H,1-4H3. The third-order valence-corrected chi connectivity index (χ3v) is 13.0. The molecule has 0 bridgehead atoms. The van der Waals surface area contributed by atoms with Crippen LogP contribution in [0.3, 0.4) is 0 Å². The molecule has 1 aliphatic heterocycles. The van der Waals surface area contributed by atoms with E-state index in [0.29, 0.717) is 0 Å². The Morgan fingerprint density at radius 2 is 0.677 bits per heavy atom. The average Bonchev–Trinajstić information content (AvgIpc) is 3.73. The van der Waals surface area contributed by atoms with Crippen molar-refractivity contribution in [2.75, 3.05) is 9.80 Å². The highest BCUT2D eigenvalue weighted by atomic mass is 16.7. The van der Waals surface area contributed by atoms with Crippen molar-refractivity contribution in [1.29, 1.82) is 0 Å². The zero-order valence-electron chi connectivity index (χ0n) is 35.4. The Morgan fingerprint density at radius 1 is 0.355 bits per heavy atom. The lowest BCUT2D eigenvalue weighted by atomic mass is 9.72. The van der Waals surface area contributed by atoms with E-state index in [1.54, 1.807) is 0 Å². The number of hydrogen-bond donors (Lipinski definition) is 0. The summed E-state index contributed by atoms with van der Waals surface area (Å²) in [6.07, 6.45) is 0. The van der Waals surface area contributed by atoms with E-state index in [1.807, 2.05) is 0 Å². The van der Waals surface area contributed by atoms with Crippen LogP contribution in [0.2, 0.25) is 0 Å². The van der Waals surface area contributed by atoms with Crippen LogP contribution >= 0.6 is 0 Å². The summed E-state index contributed by atoms with van der Waals surface area (Å²) in [7, 11) is -0.531. The van der Waals surface area contributed by atoms with E-state index in [0.717, 1.165) is 88.6 Å². The third kappa shape index (κ3) is 6.17. The molecule has 0 N–H and O–H groups in total. The van der Waals surface area contributed by atoms with Gasteiger partial charge < -0.3 is 23.7 Å². The van der Waals surface area contributed by atoms with E-state index in [2.05, 4.69) is 248 Å². The fourth-order valence-electron chi connectivity index (χ4n) is 9.32. The van der Waals surface area contributed by atoms with Gasteiger partial charge in [-0.25, -0.2) is 0 Å². The molecule has 10 aromatic rings. The molecule has 1 aromatic heterocycles. The van der Waals surface area contributed by atoms with Crippen LogP contribution in [0.25, 0.3) is 49.0 Å². The first-order valence-corrected chi connectivity index (χ1v) is 21.5. The van der Waals surface area contributed by atoms with E-state index in [1.165, 1.54) is 0 Å². The molecule has 0 radical (unpaired) electrons. The Morgan fingerprint density at radius 3 is 1.03 bits per heavy atom. The van der Waals surface area contributed by atoms with Gasteiger partial charge in [-0.2, -0.15) is 0 Å². The van der Waals surface area contributed by atoms with Crippen LogP contribution in [0.1, 0.15) is 27.7 Å². The summed E-state index contributed by atoms with van der Waals surface area (Å²) in [5, 5.41) is 6.80. The summed E-state index contributed by atoms with van der Waals surface area (Å²) >= 11 is 0. The van der Waals surface area contributed by atoms with Gasteiger partial charge in [0.1, 0.15) is 0 Å². The van der Waals surface area contributed by atoms with Crippen molar-refractivity contribution >= 4 is 90.1 Å². The molecule has 0 amide bonds. The summed E-state index contributed by atoms with van der Waals surface area (Å²) < 4.78 is 16.1. The molecule has 6 heteroatoms. The second-order valence-electron chi connectivity index (χ2n) is 17.2. The maximum Gasteiger partial charge on any atom is 0.496 e. The normalized spacial score (nSPS) is 14.5. The maximum absolute atomic E-state index is 6.82. The van der Waals surface area contributed by atoms with Crippen LogP contribution in [0.15, 0.2) is 206 Å². The van der Waals surface area contributed by atoms with Crippen LogP contribution in [-0.4, -0.2) is 22.9 Å². The molecule has 0 aliphatic carbocycles. The van der Waals surface area contributed by atoms with Gasteiger partial charge in [0.05, 0.1) is 27.9 Å². The second-order valence-corrected chi connectivity index (χ2v) is 17.2. The highest BCUT2D eigenvalue weighted by Crippen LogP contribution is 2.45. The van der Waals surface area contributed by atoms with Gasteiger partial charge in [0.2, 0.25) is 0 Å². The second kappa shape index (κ2) is 14.8. The molecule has 0 atom stereocenters.